The molecule has 0 fully saturated rings. The first-order valence-electron chi connectivity index (χ1n) is 6.46. The number of thiazole rings is 1. The number of hydrogen-bond donors (Lipinski definition) is 1. The molecule has 5 heteroatoms. The average molecular weight is 295 g/mol. The van der Waals surface area contributed by atoms with E-state index in [1.165, 1.54) is 4.70 Å². The van der Waals surface area contributed by atoms with Crippen LogP contribution in [0.25, 0.3) is 10.2 Å². The van der Waals surface area contributed by atoms with Crippen LogP contribution in [-0.4, -0.2) is 12.1 Å². The summed E-state index contributed by atoms with van der Waals surface area (Å²) in [6.45, 7) is 0.627. The molecule has 1 aromatic heterocycles. The molecule has 3 aromatic rings. The van der Waals surface area contributed by atoms with Gasteiger partial charge in [-0.05, 0) is 24.3 Å². The van der Waals surface area contributed by atoms with Crippen LogP contribution >= 0.6 is 11.3 Å². The molecule has 0 saturated heterocycles. The van der Waals surface area contributed by atoms with Gasteiger partial charge in [-0.2, -0.15) is 5.26 Å². The van der Waals surface area contributed by atoms with E-state index in [1.807, 2.05) is 24.3 Å². The molecular formula is C16H13N3OS. The fourth-order valence-electron chi connectivity index (χ4n) is 2.07. The molecule has 0 saturated carbocycles. The maximum Gasteiger partial charge on any atom is 0.143 e. The number of hydrogen-bond acceptors (Lipinski definition) is 5. The predicted molar refractivity (Wildman–Crippen MR) is 84.7 cm³/mol. The van der Waals surface area contributed by atoms with Crippen molar-refractivity contribution in [2.75, 3.05) is 12.4 Å². The van der Waals surface area contributed by atoms with Gasteiger partial charge in [-0.25, -0.2) is 4.98 Å². The average Bonchev–Trinajstić information content (AvgIpc) is 2.95. The molecule has 0 amide bonds. The monoisotopic (exact) mass is 295 g/mol. The summed E-state index contributed by atoms with van der Waals surface area (Å²) in [5.41, 5.74) is 2.46. The maximum absolute atomic E-state index is 8.90. The molecule has 104 valence electrons. The van der Waals surface area contributed by atoms with Crippen LogP contribution in [0.4, 0.5) is 5.69 Å². The molecule has 0 spiro atoms. The number of ether oxygens (including phenoxy) is 1. The molecule has 0 aliphatic rings. The zero-order valence-corrected chi connectivity index (χ0v) is 12.3. The highest BCUT2D eigenvalue weighted by Crippen LogP contribution is 2.27. The summed E-state index contributed by atoms with van der Waals surface area (Å²) < 4.78 is 6.49. The minimum absolute atomic E-state index is 0.581. The van der Waals surface area contributed by atoms with E-state index in [9.17, 15) is 0 Å². The van der Waals surface area contributed by atoms with Crippen LogP contribution in [0.5, 0.6) is 5.75 Å². The Morgan fingerprint density at radius 2 is 2.14 bits per heavy atom. The van der Waals surface area contributed by atoms with Gasteiger partial charge in [0.2, 0.25) is 0 Å². The topological polar surface area (TPSA) is 57.9 Å². The van der Waals surface area contributed by atoms with Gasteiger partial charge in [-0.1, -0.05) is 12.1 Å². The van der Waals surface area contributed by atoms with Crippen molar-refractivity contribution in [3.05, 3.63) is 53.0 Å². The molecule has 0 aliphatic heterocycles. The number of nitriles is 1. The largest absolute Gasteiger partial charge is 0.495 e. The van der Waals surface area contributed by atoms with Gasteiger partial charge in [0.1, 0.15) is 10.8 Å². The van der Waals surface area contributed by atoms with Crippen molar-refractivity contribution in [1.29, 1.82) is 5.26 Å². The normalized spacial score (nSPS) is 10.3. The third kappa shape index (κ3) is 2.81. The van der Waals surface area contributed by atoms with Gasteiger partial charge >= 0.3 is 0 Å². The molecule has 0 aliphatic carbocycles. The molecule has 4 nitrogen and oxygen atoms in total. The Morgan fingerprint density at radius 3 is 2.90 bits per heavy atom. The van der Waals surface area contributed by atoms with Crippen molar-refractivity contribution in [3.8, 4) is 11.8 Å². The summed E-state index contributed by atoms with van der Waals surface area (Å²) >= 11 is 1.67. The van der Waals surface area contributed by atoms with Gasteiger partial charge in [-0.3, -0.25) is 0 Å². The summed E-state index contributed by atoms with van der Waals surface area (Å²) in [7, 11) is 1.60. The molecule has 0 bridgehead atoms. The Balaban J connectivity index is 1.79. The maximum atomic E-state index is 8.90. The second kappa shape index (κ2) is 5.81. The summed E-state index contributed by atoms with van der Waals surface area (Å²) in [6.07, 6.45) is 0. The third-order valence-electron chi connectivity index (χ3n) is 3.10. The van der Waals surface area contributed by atoms with Crippen molar-refractivity contribution >= 4 is 27.2 Å². The lowest BCUT2D eigenvalue weighted by Gasteiger charge is -2.10. The summed E-state index contributed by atoms with van der Waals surface area (Å²) in [4.78, 5) is 4.58. The van der Waals surface area contributed by atoms with Crippen LogP contribution < -0.4 is 10.1 Å². The molecule has 1 heterocycles. The third-order valence-corrected chi connectivity index (χ3v) is 4.14. The molecule has 0 radical (unpaired) electrons. The van der Waals surface area contributed by atoms with E-state index in [0.29, 0.717) is 17.9 Å². The number of nitrogens with zero attached hydrogens (tertiary/aromatic N) is 2. The van der Waals surface area contributed by atoms with E-state index in [4.69, 9.17) is 10.00 Å². The highest BCUT2D eigenvalue weighted by Gasteiger charge is 2.06. The second-order valence-corrected chi connectivity index (χ2v) is 5.57. The zero-order chi connectivity index (χ0) is 14.7. The summed E-state index contributed by atoms with van der Waals surface area (Å²) in [5.74, 6) is 0.662. The lowest BCUT2D eigenvalue weighted by Crippen LogP contribution is -2.01. The van der Waals surface area contributed by atoms with Crippen molar-refractivity contribution in [2.24, 2.45) is 0 Å². The zero-order valence-electron chi connectivity index (χ0n) is 11.5. The lowest BCUT2D eigenvalue weighted by molar-refractivity contribution is 0.416. The number of anilines is 1. The van der Waals surface area contributed by atoms with E-state index < -0.39 is 0 Å². The first kappa shape index (κ1) is 13.4. The van der Waals surface area contributed by atoms with E-state index in [-0.39, 0.29) is 0 Å². The molecular weight excluding hydrogens is 282 g/mol. The van der Waals surface area contributed by atoms with E-state index in [2.05, 4.69) is 22.4 Å². The van der Waals surface area contributed by atoms with Gasteiger partial charge in [0.05, 0.1) is 41.2 Å². The Hall–Kier alpha value is -2.58. The molecule has 0 atom stereocenters. The Bertz CT molecular complexity index is 787. The number of methoxy groups -OCH3 is 1. The molecule has 2 aromatic carbocycles. The number of nitrogens with one attached hydrogen (secondary N) is 1. The number of fused-ring (bicyclic) bond motifs is 1. The van der Waals surface area contributed by atoms with Gasteiger partial charge in [0.15, 0.2) is 0 Å². The number of rotatable bonds is 4. The van der Waals surface area contributed by atoms with Crippen molar-refractivity contribution < 1.29 is 4.74 Å². The second-order valence-electron chi connectivity index (χ2n) is 4.46. The van der Waals surface area contributed by atoms with E-state index in [0.717, 1.165) is 16.2 Å². The first-order chi connectivity index (χ1) is 10.3. The predicted octanol–water partition coefficient (Wildman–Crippen LogP) is 3.79. The SMILES string of the molecule is COc1cc(C#N)ccc1NCc1nc2ccccc2s1. The highest BCUT2D eigenvalue weighted by atomic mass is 32.1. The Kier molecular flexibility index (Phi) is 3.71. The smallest absolute Gasteiger partial charge is 0.143 e. The Labute approximate surface area is 126 Å². The fourth-order valence-corrected chi connectivity index (χ4v) is 2.98. The van der Waals surface area contributed by atoms with Gasteiger partial charge in [-0.15, -0.1) is 11.3 Å². The summed E-state index contributed by atoms with van der Waals surface area (Å²) in [5, 5.41) is 13.2. The molecule has 21 heavy (non-hydrogen) atoms. The van der Waals surface area contributed by atoms with Crippen LogP contribution in [0.3, 0.4) is 0 Å². The molecule has 0 unspecified atom stereocenters. The van der Waals surface area contributed by atoms with Gasteiger partial charge in [0.25, 0.3) is 0 Å². The lowest BCUT2D eigenvalue weighted by atomic mass is 10.2. The molecule has 3 rings (SSSR count). The van der Waals surface area contributed by atoms with Crippen LogP contribution in [0, 0.1) is 11.3 Å². The van der Waals surface area contributed by atoms with E-state index >= 15 is 0 Å². The quantitative estimate of drug-likeness (QED) is 0.795. The molecule has 1 N–H and O–H groups in total. The van der Waals surface area contributed by atoms with Crippen LogP contribution in [-0.2, 0) is 6.54 Å². The number of para-hydroxylation sites is 1. The number of aromatic nitrogens is 1. The number of benzene rings is 2. The van der Waals surface area contributed by atoms with Crippen LogP contribution in [0.15, 0.2) is 42.5 Å². The summed E-state index contributed by atoms with van der Waals surface area (Å²) in [6, 6.07) is 15.5. The first-order valence-corrected chi connectivity index (χ1v) is 7.28. The van der Waals surface area contributed by atoms with E-state index in [1.54, 1.807) is 30.6 Å². The minimum atomic E-state index is 0.581. The van der Waals surface area contributed by atoms with Crippen molar-refractivity contribution in [1.82, 2.24) is 4.98 Å². The Morgan fingerprint density at radius 1 is 1.29 bits per heavy atom. The standard InChI is InChI=1S/C16H13N3OS/c1-20-14-8-11(9-17)6-7-12(14)18-10-16-19-13-4-2-3-5-15(13)21-16/h2-8,18H,10H2,1H3. The van der Waals surface area contributed by atoms with Crippen molar-refractivity contribution in [2.45, 2.75) is 6.54 Å². The van der Waals surface area contributed by atoms with Crippen LogP contribution in [0.2, 0.25) is 0 Å². The minimum Gasteiger partial charge on any atom is -0.495 e. The fraction of sp³-hybridized carbons (Fsp3) is 0.125. The van der Waals surface area contributed by atoms with Gasteiger partial charge < -0.3 is 10.1 Å². The highest BCUT2D eigenvalue weighted by molar-refractivity contribution is 7.18. The van der Waals surface area contributed by atoms with Crippen LogP contribution in [0.1, 0.15) is 10.6 Å². The van der Waals surface area contributed by atoms with Gasteiger partial charge in [0, 0.05) is 6.07 Å². The van der Waals surface area contributed by atoms with Crippen molar-refractivity contribution in [3.63, 3.8) is 0 Å².